The summed E-state index contributed by atoms with van der Waals surface area (Å²) in [7, 11) is 0. The number of rotatable bonds is 0. The molecule has 1 N–H and O–H groups in total. The van der Waals surface area contributed by atoms with E-state index in [1.54, 1.807) is 0 Å². The summed E-state index contributed by atoms with van der Waals surface area (Å²) in [5, 5.41) is 2.43. The summed E-state index contributed by atoms with van der Waals surface area (Å²) in [6.45, 7) is 1.07. The van der Waals surface area contributed by atoms with Crippen molar-refractivity contribution in [3.05, 3.63) is 0 Å². The number of ether oxygens (including phenoxy) is 2. The van der Waals surface area contributed by atoms with Crippen LogP contribution in [0.3, 0.4) is 0 Å². The first-order chi connectivity index (χ1) is 6.52. The first-order valence-electron chi connectivity index (χ1n) is 4.60. The fourth-order valence-electron chi connectivity index (χ4n) is 1.91. The highest BCUT2D eigenvalue weighted by Gasteiger charge is 2.50. The zero-order chi connectivity index (χ0) is 10.2. The van der Waals surface area contributed by atoms with Gasteiger partial charge in [0.15, 0.2) is 5.79 Å². The molecule has 14 heavy (non-hydrogen) atoms. The maximum atomic E-state index is 12.4. The quantitative estimate of drug-likeness (QED) is 0.649. The minimum atomic E-state index is -4.22. The largest absolute Gasteiger partial charge is 0.404 e. The maximum absolute atomic E-state index is 12.4. The van der Waals surface area contributed by atoms with Crippen LogP contribution in [0, 0.1) is 0 Å². The van der Waals surface area contributed by atoms with Gasteiger partial charge in [-0.1, -0.05) is 0 Å². The Morgan fingerprint density at radius 1 is 1.21 bits per heavy atom. The van der Waals surface area contributed by atoms with Crippen LogP contribution in [-0.4, -0.2) is 37.8 Å². The number of hydrogen-bond acceptors (Lipinski definition) is 3. The summed E-state index contributed by atoms with van der Waals surface area (Å²) in [5.41, 5.74) is 0. The summed E-state index contributed by atoms with van der Waals surface area (Å²) in [5.74, 6) is -0.981. The van der Waals surface area contributed by atoms with E-state index in [0.717, 1.165) is 0 Å². The molecule has 0 aromatic carbocycles. The van der Waals surface area contributed by atoms with Crippen molar-refractivity contribution in [2.24, 2.45) is 0 Å². The van der Waals surface area contributed by atoms with Crippen molar-refractivity contribution in [3.63, 3.8) is 0 Å². The number of nitrogens with one attached hydrogen (secondary N) is 1. The second-order valence-electron chi connectivity index (χ2n) is 3.61. The lowest BCUT2D eigenvalue weighted by atomic mass is 9.98. The molecule has 0 aromatic heterocycles. The first-order valence-corrected chi connectivity index (χ1v) is 4.60. The van der Waals surface area contributed by atoms with Crippen molar-refractivity contribution in [2.45, 2.75) is 30.8 Å². The Morgan fingerprint density at radius 2 is 1.86 bits per heavy atom. The van der Waals surface area contributed by atoms with Crippen LogP contribution in [0.2, 0.25) is 0 Å². The van der Waals surface area contributed by atoms with E-state index in [1.165, 1.54) is 0 Å². The zero-order valence-corrected chi connectivity index (χ0v) is 7.56. The third-order valence-corrected chi connectivity index (χ3v) is 2.62. The van der Waals surface area contributed by atoms with Gasteiger partial charge in [0.25, 0.3) is 0 Å². The summed E-state index contributed by atoms with van der Waals surface area (Å²) >= 11 is 0. The van der Waals surface area contributed by atoms with Crippen LogP contribution in [0.15, 0.2) is 0 Å². The lowest BCUT2D eigenvalue weighted by Crippen LogP contribution is -2.54. The Kier molecular flexibility index (Phi) is 2.45. The molecular weight excluding hydrogens is 199 g/mol. The summed E-state index contributed by atoms with van der Waals surface area (Å²) in [4.78, 5) is 0. The number of hydrogen-bond donors (Lipinski definition) is 1. The predicted octanol–water partition coefficient (Wildman–Crippen LogP) is 1.04. The zero-order valence-electron chi connectivity index (χ0n) is 7.56. The van der Waals surface area contributed by atoms with Crippen molar-refractivity contribution in [2.75, 3.05) is 19.8 Å². The van der Waals surface area contributed by atoms with Crippen LogP contribution in [0.1, 0.15) is 12.8 Å². The molecule has 0 aliphatic carbocycles. The van der Waals surface area contributed by atoms with Gasteiger partial charge in [0, 0.05) is 19.4 Å². The number of alkyl halides is 3. The van der Waals surface area contributed by atoms with Gasteiger partial charge in [-0.05, 0) is 0 Å². The molecule has 2 fully saturated rings. The molecule has 0 radical (unpaired) electrons. The third-order valence-electron chi connectivity index (χ3n) is 2.62. The van der Waals surface area contributed by atoms with E-state index in [2.05, 4.69) is 5.32 Å². The van der Waals surface area contributed by atoms with Gasteiger partial charge in [-0.25, -0.2) is 0 Å². The van der Waals surface area contributed by atoms with E-state index in [4.69, 9.17) is 9.47 Å². The second kappa shape index (κ2) is 3.36. The molecule has 1 unspecified atom stereocenters. The molecule has 0 bridgehead atoms. The van der Waals surface area contributed by atoms with Crippen molar-refractivity contribution in [1.29, 1.82) is 0 Å². The molecule has 0 amide bonds. The Bertz CT molecular complexity index is 213. The fourth-order valence-corrected chi connectivity index (χ4v) is 1.91. The Labute approximate surface area is 79.6 Å². The van der Waals surface area contributed by atoms with Crippen LogP contribution < -0.4 is 5.32 Å². The highest BCUT2D eigenvalue weighted by atomic mass is 19.4. The van der Waals surface area contributed by atoms with Crippen LogP contribution in [0.5, 0.6) is 0 Å². The lowest BCUT2D eigenvalue weighted by Gasteiger charge is -2.37. The molecule has 2 rings (SSSR count). The Morgan fingerprint density at radius 3 is 2.43 bits per heavy atom. The molecule has 3 nitrogen and oxygen atoms in total. The minimum absolute atomic E-state index is 0.142. The van der Waals surface area contributed by atoms with E-state index in [1.807, 2.05) is 0 Å². The van der Waals surface area contributed by atoms with Crippen molar-refractivity contribution < 1.29 is 22.6 Å². The first kappa shape index (κ1) is 10.2. The SMILES string of the molecule is FC(F)(F)C1CC2(CCN1)OCCO2. The van der Waals surface area contributed by atoms with E-state index >= 15 is 0 Å². The normalized spacial score (nSPS) is 32.4. The molecule has 2 aliphatic rings. The summed E-state index contributed by atoms with van der Waals surface area (Å²) < 4.78 is 47.7. The van der Waals surface area contributed by atoms with Crippen LogP contribution in [-0.2, 0) is 9.47 Å². The molecule has 2 saturated heterocycles. The highest BCUT2D eigenvalue weighted by Crippen LogP contribution is 2.36. The topological polar surface area (TPSA) is 30.5 Å². The van der Waals surface area contributed by atoms with Gasteiger partial charge in [0.05, 0.1) is 13.2 Å². The fraction of sp³-hybridized carbons (Fsp3) is 1.00. The number of halogens is 3. The Hall–Kier alpha value is -0.330. The van der Waals surface area contributed by atoms with Crippen LogP contribution in [0.4, 0.5) is 13.2 Å². The molecule has 2 heterocycles. The van der Waals surface area contributed by atoms with Gasteiger partial charge in [0.2, 0.25) is 0 Å². The standard InChI is InChI=1S/C8H12F3NO2/c9-8(10,11)6-5-7(1-2-12-6)13-3-4-14-7/h6,12H,1-5H2. The van der Waals surface area contributed by atoms with Gasteiger partial charge in [0.1, 0.15) is 6.04 Å². The van der Waals surface area contributed by atoms with E-state index in [-0.39, 0.29) is 13.0 Å². The second-order valence-corrected chi connectivity index (χ2v) is 3.61. The van der Waals surface area contributed by atoms with E-state index < -0.39 is 18.0 Å². The monoisotopic (exact) mass is 211 g/mol. The molecule has 1 atom stereocenters. The average Bonchev–Trinajstić information content (AvgIpc) is 2.52. The molecule has 1 spiro atoms. The van der Waals surface area contributed by atoms with E-state index in [9.17, 15) is 13.2 Å². The number of piperidine rings is 1. The minimum Gasteiger partial charge on any atom is -0.347 e. The molecule has 6 heteroatoms. The van der Waals surface area contributed by atoms with Crippen molar-refractivity contribution >= 4 is 0 Å². The molecule has 0 aromatic rings. The van der Waals surface area contributed by atoms with Gasteiger partial charge >= 0.3 is 6.18 Å². The average molecular weight is 211 g/mol. The highest BCUT2D eigenvalue weighted by molar-refractivity contribution is 4.90. The van der Waals surface area contributed by atoms with Crippen molar-refractivity contribution in [1.82, 2.24) is 5.32 Å². The van der Waals surface area contributed by atoms with E-state index in [0.29, 0.717) is 19.6 Å². The van der Waals surface area contributed by atoms with Gasteiger partial charge in [-0.3, -0.25) is 0 Å². The van der Waals surface area contributed by atoms with Crippen LogP contribution in [0.25, 0.3) is 0 Å². The summed E-state index contributed by atoms with van der Waals surface area (Å²) in [6, 6.07) is -1.51. The van der Waals surface area contributed by atoms with Crippen LogP contribution >= 0.6 is 0 Å². The summed E-state index contributed by atoms with van der Waals surface area (Å²) in [6.07, 6.45) is -3.88. The molecular formula is C8H12F3NO2. The smallest absolute Gasteiger partial charge is 0.347 e. The van der Waals surface area contributed by atoms with Gasteiger partial charge in [-0.2, -0.15) is 13.2 Å². The molecule has 2 aliphatic heterocycles. The lowest BCUT2D eigenvalue weighted by molar-refractivity contribution is -0.225. The molecule has 82 valence electrons. The van der Waals surface area contributed by atoms with Crippen molar-refractivity contribution in [3.8, 4) is 0 Å². The molecule has 0 saturated carbocycles. The predicted molar refractivity (Wildman–Crippen MR) is 41.7 cm³/mol. The maximum Gasteiger partial charge on any atom is 0.404 e. The van der Waals surface area contributed by atoms with Gasteiger partial charge < -0.3 is 14.8 Å². The van der Waals surface area contributed by atoms with Gasteiger partial charge in [-0.15, -0.1) is 0 Å². The third kappa shape index (κ3) is 1.87. The Balaban J connectivity index is 2.03.